The number of nitrogens with zero attached hydrogens (tertiary/aromatic N) is 1. The van der Waals surface area contributed by atoms with E-state index in [0.29, 0.717) is 18.9 Å². The molecule has 5 nitrogen and oxygen atoms in total. The molecule has 1 heterocycles. The number of aryl methyl sites for hydroxylation is 1. The van der Waals surface area contributed by atoms with E-state index in [2.05, 4.69) is 17.1 Å². The number of likely N-dealkylation sites (tertiary alicyclic amines) is 1. The number of aliphatic carboxylic acids is 1. The Bertz CT molecular complexity index is 545. The summed E-state index contributed by atoms with van der Waals surface area (Å²) in [4.78, 5) is 25.0. The minimum absolute atomic E-state index is 0.00265. The molecule has 5 heteroatoms. The van der Waals surface area contributed by atoms with Crippen LogP contribution in [0.15, 0.2) is 24.3 Å². The predicted molar refractivity (Wildman–Crippen MR) is 90.5 cm³/mol. The zero-order chi connectivity index (χ0) is 16.7. The summed E-state index contributed by atoms with van der Waals surface area (Å²) < 4.78 is 0. The number of anilines is 1. The van der Waals surface area contributed by atoms with Crippen molar-refractivity contribution in [2.45, 2.75) is 39.0 Å². The van der Waals surface area contributed by atoms with Crippen molar-refractivity contribution in [3.8, 4) is 0 Å². The normalized spacial score (nSPS) is 18.6. The zero-order valence-corrected chi connectivity index (χ0v) is 13.8. The van der Waals surface area contributed by atoms with Crippen molar-refractivity contribution in [3.63, 3.8) is 0 Å². The summed E-state index contributed by atoms with van der Waals surface area (Å²) >= 11 is 0. The highest BCUT2D eigenvalue weighted by atomic mass is 16.4. The van der Waals surface area contributed by atoms with Gasteiger partial charge in [-0.25, -0.2) is 0 Å². The lowest BCUT2D eigenvalue weighted by Crippen LogP contribution is -2.40. The second-order valence-corrected chi connectivity index (χ2v) is 6.28. The van der Waals surface area contributed by atoms with E-state index in [-0.39, 0.29) is 12.3 Å². The molecule has 1 fully saturated rings. The molecule has 1 amide bonds. The van der Waals surface area contributed by atoms with Crippen LogP contribution in [0, 0.1) is 5.92 Å². The van der Waals surface area contributed by atoms with Gasteiger partial charge in [-0.2, -0.15) is 0 Å². The highest BCUT2D eigenvalue weighted by molar-refractivity contribution is 5.92. The van der Waals surface area contributed by atoms with Crippen LogP contribution in [0.2, 0.25) is 0 Å². The number of carbonyl (C=O) groups is 2. The van der Waals surface area contributed by atoms with Gasteiger partial charge in [0.25, 0.3) is 0 Å². The SMILES string of the molecule is CCc1cccc(NC(=O)CN2CCCC(CCC(=O)O)C2)c1. The molecule has 1 atom stereocenters. The third kappa shape index (κ3) is 6.02. The van der Waals surface area contributed by atoms with Crippen molar-refractivity contribution < 1.29 is 14.7 Å². The Kier molecular flexibility index (Phi) is 6.59. The van der Waals surface area contributed by atoms with Crippen LogP contribution >= 0.6 is 0 Å². The summed E-state index contributed by atoms with van der Waals surface area (Å²) in [5.74, 6) is -0.358. The first-order valence-corrected chi connectivity index (χ1v) is 8.39. The van der Waals surface area contributed by atoms with Crippen LogP contribution in [0.3, 0.4) is 0 Å². The molecule has 2 rings (SSSR count). The lowest BCUT2D eigenvalue weighted by molar-refractivity contribution is -0.137. The number of rotatable bonds is 7. The van der Waals surface area contributed by atoms with E-state index in [1.54, 1.807) is 0 Å². The number of hydrogen-bond acceptors (Lipinski definition) is 3. The molecular formula is C18H26N2O3. The molecule has 0 saturated carbocycles. The van der Waals surface area contributed by atoms with Crippen molar-refractivity contribution >= 4 is 17.6 Å². The molecule has 23 heavy (non-hydrogen) atoms. The number of piperidine rings is 1. The largest absolute Gasteiger partial charge is 0.481 e. The highest BCUT2D eigenvalue weighted by Gasteiger charge is 2.22. The Balaban J connectivity index is 1.80. The number of hydrogen-bond donors (Lipinski definition) is 2. The van der Waals surface area contributed by atoms with Gasteiger partial charge in [-0.1, -0.05) is 19.1 Å². The topological polar surface area (TPSA) is 69.6 Å². The second-order valence-electron chi connectivity index (χ2n) is 6.28. The quantitative estimate of drug-likeness (QED) is 0.811. The molecule has 1 aromatic carbocycles. The molecule has 1 aromatic rings. The average molecular weight is 318 g/mol. The molecule has 2 N–H and O–H groups in total. The predicted octanol–water partition coefficient (Wildman–Crippen LogP) is 2.76. The van der Waals surface area contributed by atoms with Gasteiger partial charge in [0.2, 0.25) is 5.91 Å². The summed E-state index contributed by atoms with van der Waals surface area (Å²) in [5.41, 5.74) is 2.04. The van der Waals surface area contributed by atoms with E-state index in [0.717, 1.165) is 38.0 Å². The maximum Gasteiger partial charge on any atom is 0.303 e. The maximum atomic E-state index is 12.2. The van der Waals surface area contributed by atoms with E-state index in [4.69, 9.17) is 5.11 Å². The second kappa shape index (κ2) is 8.67. The first-order valence-electron chi connectivity index (χ1n) is 8.39. The fraction of sp³-hybridized carbons (Fsp3) is 0.556. The Morgan fingerprint density at radius 3 is 2.96 bits per heavy atom. The number of carbonyl (C=O) groups excluding carboxylic acids is 1. The molecule has 1 aliphatic rings. The minimum Gasteiger partial charge on any atom is -0.481 e. The number of amides is 1. The Morgan fingerprint density at radius 2 is 2.22 bits per heavy atom. The van der Waals surface area contributed by atoms with Crippen LogP contribution in [0.5, 0.6) is 0 Å². The van der Waals surface area contributed by atoms with Gasteiger partial charge in [0.05, 0.1) is 6.54 Å². The van der Waals surface area contributed by atoms with E-state index < -0.39 is 5.97 Å². The van der Waals surface area contributed by atoms with Gasteiger partial charge in [0, 0.05) is 18.7 Å². The van der Waals surface area contributed by atoms with Gasteiger partial charge in [0.1, 0.15) is 0 Å². The van der Waals surface area contributed by atoms with Crippen molar-refractivity contribution in [1.29, 1.82) is 0 Å². The van der Waals surface area contributed by atoms with Crippen LogP contribution in [0.4, 0.5) is 5.69 Å². The summed E-state index contributed by atoms with van der Waals surface area (Å²) in [7, 11) is 0. The number of carboxylic acids is 1. The van der Waals surface area contributed by atoms with Crippen LogP contribution in [0.1, 0.15) is 38.2 Å². The van der Waals surface area contributed by atoms with Gasteiger partial charge in [0.15, 0.2) is 0 Å². The average Bonchev–Trinajstić information content (AvgIpc) is 2.53. The number of benzene rings is 1. The molecule has 0 aromatic heterocycles. The van der Waals surface area contributed by atoms with Crippen LogP contribution < -0.4 is 5.32 Å². The first-order chi connectivity index (χ1) is 11.1. The Hall–Kier alpha value is -1.88. The molecule has 0 spiro atoms. The zero-order valence-electron chi connectivity index (χ0n) is 13.8. The fourth-order valence-corrected chi connectivity index (χ4v) is 3.13. The van der Waals surface area contributed by atoms with Gasteiger partial charge < -0.3 is 10.4 Å². The minimum atomic E-state index is -0.740. The van der Waals surface area contributed by atoms with E-state index in [9.17, 15) is 9.59 Å². The smallest absolute Gasteiger partial charge is 0.303 e. The third-order valence-corrected chi connectivity index (χ3v) is 4.36. The molecular weight excluding hydrogens is 292 g/mol. The molecule has 0 bridgehead atoms. The van der Waals surface area contributed by atoms with Crippen LogP contribution in [-0.2, 0) is 16.0 Å². The Morgan fingerprint density at radius 1 is 1.39 bits per heavy atom. The van der Waals surface area contributed by atoms with Crippen molar-refractivity contribution in [3.05, 3.63) is 29.8 Å². The van der Waals surface area contributed by atoms with Gasteiger partial charge in [-0.05, 0) is 55.8 Å². The lowest BCUT2D eigenvalue weighted by atomic mass is 9.93. The standard InChI is InChI=1S/C18H26N2O3/c1-2-14-5-3-7-16(11-14)19-17(21)13-20-10-4-6-15(12-20)8-9-18(22)23/h3,5,7,11,15H,2,4,6,8-10,12-13H2,1H3,(H,19,21)(H,22,23). The van der Waals surface area contributed by atoms with Crippen LogP contribution in [-0.4, -0.2) is 41.5 Å². The molecule has 0 radical (unpaired) electrons. The van der Waals surface area contributed by atoms with Crippen LogP contribution in [0.25, 0.3) is 0 Å². The molecule has 1 saturated heterocycles. The van der Waals surface area contributed by atoms with E-state index in [1.807, 2.05) is 24.3 Å². The van der Waals surface area contributed by atoms with E-state index >= 15 is 0 Å². The lowest BCUT2D eigenvalue weighted by Gasteiger charge is -2.32. The highest BCUT2D eigenvalue weighted by Crippen LogP contribution is 2.21. The summed E-state index contributed by atoms with van der Waals surface area (Å²) in [5, 5.41) is 11.7. The van der Waals surface area contributed by atoms with E-state index in [1.165, 1.54) is 5.56 Å². The summed E-state index contributed by atoms with van der Waals surface area (Å²) in [6, 6.07) is 7.91. The molecule has 0 aliphatic carbocycles. The molecule has 1 aliphatic heterocycles. The monoisotopic (exact) mass is 318 g/mol. The number of nitrogens with one attached hydrogen (secondary N) is 1. The first kappa shape index (κ1) is 17.5. The Labute approximate surface area is 137 Å². The molecule has 126 valence electrons. The third-order valence-electron chi connectivity index (χ3n) is 4.36. The molecule has 1 unspecified atom stereocenters. The van der Waals surface area contributed by atoms with Crippen molar-refractivity contribution in [2.24, 2.45) is 5.92 Å². The number of carboxylic acid groups (broad SMARTS) is 1. The maximum absolute atomic E-state index is 12.2. The van der Waals surface area contributed by atoms with Gasteiger partial charge in [-0.3, -0.25) is 14.5 Å². The van der Waals surface area contributed by atoms with Crippen molar-refractivity contribution in [1.82, 2.24) is 4.90 Å². The summed E-state index contributed by atoms with van der Waals surface area (Å²) in [6.07, 6.45) is 3.95. The van der Waals surface area contributed by atoms with Crippen molar-refractivity contribution in [2.75, 3.05) is 25.0 Å². The summed E-state index contributed by atoms with van der Waals surface area (Å²) in [6.45, 7) is 4.19. The van der Waals surface area contributed by atoms with Gasteiger partial charge >= 0.3 is 5.97 Å². The van der Waals surface area contributed by atoms with Gasteiger partial charge in [-0.15, -0.1) is 0 Å². The fourth-order valence-electron chi connectivity index (χ4n) is 3.13.